The molecule has 7 nitrogen and oxygen atoms in total. The summed E-state index contributed by atoms with van der Waals surface area (Å²) < 4.78 is 33.9. The fourth-order valence-corrected chi connectivity index (χ4v) is 3.91. The monoisotopic (exact) mass is 368 g/mol. The van der Waals surface area contributed by atoms with Crippen LogP contribution in [0.25, 0.3) is 0 Å². The van der Waals surface area contributed by atoms with Gasteiger partial charge in [-0.2, -0.15) is 8.42 Å². The Morgan fingerprint density at radius 2 is 1.96 bits per heavy atom. The Balaban J connectivity index is 1.72. The van der Waals surface area contributed by atoms with Crippen LogP contribution >= 0.6 is 0 Å². The maximum atomic E-state index is 11.6. The minimum atomic E-state index is -3.62. The molecule has 2 aliphatic heterocycles. The summed E-state index contributed by atoms with van der Waals surface area (Å²) in [5.74, 6) is -0.261. The first kappa shape index (κ1) is 18.3. The van der Waals surface area contributed by atoms with Crippen LogP contribution in [0.3, 0.4) is 0 Å². The van der Waals surface area contributed by atoms with Crippen LogP contribution < -0.4 is 5.32 Å². The van der Waals surface area contributed by atoms with Gasteiger partial charge in [0.25, 0.3) is 10.1 Å². The Morgan fingerprint density at radius 1 is 1.28 bits per heavy atom. The van der Waals surface area contributed by atoms with Crippen molar-refractivity contribution in [1.82, 2.24) is 10.2 Å². The lowest BCUT2D eigenvalue weighted by Crippen LogP contribution is -2.35. The molecular weight excluding hydrogens is 344 g/mol. The molecule has 1 aromatic carbocycles. The molecule has 0 saturated carbocycles. The molecule has 2 unspecified atom stereocenters. The summed E-state index contributed by atoms with van der Waals surface area (Å²) in [6, 6.07) is 7.78. The summed E-state index contributed by atoms with van der Waals surface area (Å²) in [7, 11) is -3.62. The van der Waals surface area contributed by atoms with Crippen LogP contribution in [0.2, 0.25) is 0 Å². The number of ether oxygens (including phenoxy) is 1. The van der Waals surface area contributed by atoms with Gasteiger partial charge < -0.3 is 10.1 Å². The van der Waals surface area contributed by atoms with Crippen LogP contribution in [0, 0.1) is 5.92 Å². The standard InChI is InChI=1S/C17H24N2O5S/c1-25(21,22)24-17(15-10-16(20)18-11-15)14-4-2-13(3-5-14)12-19-6-8-23-9-7-19/h2-5,15,17H,6-12H2,1H3,(H,18,20). The number of morpholine rings is 1. The maximum Gasteiger partial charge on any atom is 0.264 e. The number of hydrogen-bond donors (Lipinski definition) is 1. The predicted molar refractivity (Wildman–Crippen MR) is 92.3 cm³/mol. The van der Waals surface area contributed by atoms with E-state index in [0.717, 1.165) is 50.2 Å². The summed E-state index contributed by atoms with van der Waals surface area (Å²) in [6.07, 6.45) is 0.665. The molecule has 2 atom stereocenters. The molecule has 2 fully saturated rings. The topological polar surface area (TPSA) is 84.9 Å². The van der Waals surface area contributed by atoms with Crippen LogP contribution in [0.4, 0.5) is 0 Å². The lowest BCUT2D eigenvalue weighted by Gasteiger charge is -2.27. The SMILES string of the molecule is CS(=O)(=O)OC(c1ccc(CN2CCOCC2)cc1)C1CNC(=O)C1. The molecule has 1 amide bonds. The molecular formula is C17H24N2O5S. The van der Waals surface area contributed by atoms with Crippen molar-refractivity contribution in [3.05, 3.63) is 35.4 Å². The third-order valence-corrected chi connectivity index (χ3v) is 5.09. The predicted octanol–water partition coefficient (Wildman–Crippen LogP) is 0.672. The molecule has 0 radical (unpaired) electrons. The van der Waals surface area contributed by atoms with Gasteiger partial charge in [-0.25, -0.2) is 0 Å². The molecule has 3 rings (SSSR count). The molecule has 0 spiro atoms. The molecule has 1 aromatic rings. The van der Waals surface area contributed by atoms with Crippen molar-refractivity contribution in [1.29, 1.82) is 0 Å². The fourth-order valence-electron chi connectivity index (χ4n) is 3.27. The zero-order valence-electron chi connectivity index (χ0n) is 14.3. The van der Waals surface area contributed by atoms with Gasteiger partial charge in [0.05, 0.1) is 19.5 Å². The summed E-state index contributed by atoms with van der Waals surface area (Å²) >= 11 is 0. The Bertz CT molecular complexity index is 698. The molecule has 0 aliphatic carbocycles. The highest BCUT2D eigenvalue weighted by atomic mass is 32.2. The van der Waals surface area contributed by atoms with Gasteiger partial charge in [0.2, 0.25) is 5.91 Å². The number of rotatable bonds is 6. The number of hydrogen-bond acceptors (Lipinski definition) is 6. The Labute approximate surface area is 148 Å². The lowest BCUT2D eigenvalue weighted by atomic mass is 9.94. The van der Waals surface area contributed by atoms with Crippen molar-refractivity contribution in [3.63, 3.8) is 0 Å². The maximum absolute atomic E-state index is 11.6. The Hall–Kier alpha value is -1.48. The van der Waals surface area contributed by atoms with Crippen LogP contribution in [-0.4, -0.2) is 58.3 Å². The molecule has 0 bridgehead atoms. The normalized spacial score (nSPS) is 23.4. The van der Waals surface area contributed by atoms with Gasteiger partial charge in [-0.3, -0.25) is 13.9 Å². The van der Waals surface area contributed by atoms with Gasteiger partial charge in [0.1, 0.15) is 6.10 Å². The Kier molecular flexibility index (Phi) is 5.73. The van der Waals surface area contributed by atoms with Crippen molar-refractivity contribution >= 4 is 16.0 Å². The van der Waals surface area contributed by atoms with E-state index in [2.05, 4.69) is 10.2 Å². The van der Waals surface area contributed by atoms with Gasteiger partial charge in [-0.1, -0.05) is 24.3 Å². The quantitative estimate of drug-likeness (QED) is 0.743. The van der Waals surface area contributed by atoms with Crippen molar-refractivity contribution < 1.29 is 22.1 Å². The van der Waals surface area contributed by atoms with Crippen LogP contribution in [0.15, 0.2) is 24.3 Å². The number of nitrogens with one attached hydrogen (secondary N) is 1. The second-order valence-electron chi connectivity index (χ2n) is 6.62. The molecule has 1 N–H and O–H groups in total. The van der Waals surface area contributed by atoms with Gasteiger partial charge >= 0.3 is 0 Å². The Morgan fingerprint density at radius 3 is 2.52 bits per heavy atom. The lowest BCUT2D eigenvalue weighted by molar-refractivity contribution is -0.119. The smallest absolute Gasteiger partial charge is 0.264 e. The minimum Gasteiger partial charge on any atom is -0.379 e. The second kappa shape index (κ2) is 7.82. The first-order chi connectivity index (χ1) is 11.9. The molecule has 2 heterocycles. The summed E-state index contributed by atoms with van der Waals surface area (Å²) in [5, 5.41) is 2.74. The van der Waals surface area contributed by atoms with Gasteiger partial charge in [0.15, 0.2) is 0 Å². The van der Waals surface area contributed by atoms with Crippen molar-refractivity contribution in [2.24, 2.45) is 5.92 Å². The van der Waals surface area contributed by atoms with Gasteiger partial charge in [-0.05, 0) is 11.1 Å². The van der Waals surface area contributed by atoms with E-state index in [4.69, 9.17) is 8.92 Å². The average Bonchev–Trinajstić information content (AvgIpc) is 3.00. The van der Waals surface area contributed by atoms with E-state index in [1.54, 1.807) is 0 Å². The molecule has 8 heteroatoms. The zero-order valence-corrected chi connectivity index (χ0v) is 15.1. The number of benzene rings is 1. The first-order valence-electron chi connectivity index (χ1n) is 8.44. The van der Waals surface area contributed by atoms with Crippen molar-refractivity contribution in [3.8, 4) is 0 Å². The third kappa shape index (κ3) is 5.24. The van der Waals surface area contributed by atoms with E-state index in [0.29, 0.717) is 6.54 Å². The largest absolute Gasteiger partial charge is 0.379 e. The number of amides is 1. The number of carbonyl (C=O) groups is 1. The highest BCUT2D eigenvalue weighted by Crippen LogP contribution is 2.32. The van der Waals surface area contributed by atoms with E-state index in [1.807, 2.05) is 24.3 Å². The fraction of sp³-hybridized carbons (Fsp3) is 0.588. The van der Waals surface area contributed by atoms with Crippen LogP contribution in [0.1, 0.15) is 23.7 Å². The van der Waals surface area contributed by atoms with E-state index in [9.17, 15) is 13.2 Å². The van der Waals surface area contributed by atoms with E-state index in [-0.39, 0.29) is 18.2 Å². The van der Waals surface area contributed by atoms with E-state index in [1.165, 1.54) is 0 Å². The number of carbonyl (C=O) groups excluding carboxylic acids is 1. The molecule has 138 valence electrons. The first-order valence-corrected chi connectivity index (χ1v) is 10.3. The van der Waals surface area contributed by atoms with Gasteiger partial charge in [0, 0.05) is 38.5 Å². The van der Waals surface area contributed by atoms with Crippen LogP contribution in [0.5, 0.6) is 0 Å². The van der Waals surface area contributed by atoms with Crippen molar-refractivity contribution in [2.45, 2.75) is 19.1 Å². The third-order valence-electron chi connectivity index (χ3n) is 4.53. The summed E-state index contributed by atoms with van der Waals surface area (Å²) in [5.41, 5.74) is 1.93. The molecule has 0 aromatic heterocycles. The highest BCUT2D eigenvalue weighted by molar-refractivity contribution is 7.86. The zero-order chi connectivity index (χ0) is 17.9. The van der Waals surface area contributed by atoms with Crippen LogP contribution in [-0.2, 0) is 30.4 Å². The second-order valence-corrected chi connectivity index (χ2v) is 8.22. The summed E-state index contributed by atoms with van der Waals surface area (Å²) in [4.78, 5) is 13.8. The number of nitrogens with zero attached hydrogens (tertiary/aromatic N) is 1. The molecule has 2 aliphatic rings. The molecule has 25 heavy (non-hydrogen) atoms. The van der Waals surface area contributed by atoms with Gasteiger partial charge in [-0.15, -0.1) is 0 Å². The highest BCUT2D eigenvalue weighted by Gasteiger charge is 2.33. The van der Waals surface area contributed by atoms with E-state index < -0.39 is 16.2 Å². The van der Waals surface area contributed by atoms with E-state index >= 15 is 0 Å². The average molecular weight is 368 g/mol. The molecule has 2 saturated heterocycles. The minimum absolute atomic E-state index is 0.0731. The van der Waals surface area contributed by atoms with Crippen molar-refractivity contribution in [2.75, 3.05) is 39.1 Å². The summed E-state index contributed by atoms with van der Waals surface area (Å²) in [6.45, 7) is 4.60.